The number of hydrogen-bond acceptors (Lipinski definition) is 1. The lowest BCUT2D eigenvalue weighted by Gasteiger charge is -2.10. The van der Waals surface area contributed by atoms with E-state index in [0.717, 1.165) is 16.3 Å². The monoisotopic (exact) mass is 254 g/mol. The van der Waals surface area contributed by atoms with Crippen LogP contribution in [-0.4, -0.2) is 11.5 Å². The molecule has 1 aliphatic heterocycles. The number of allylic oxidation sites excluding steroid dienone is 2. The summed E-state index contributed by atoms with van der Waals surface area (Å²) in [7, 11) is -0.374. The van der Waals surface area contributed by atoms with Crippen LogP contribution in [0.1, 0.15) is 10.4 Å². The first kappa shape index (κ1) is 11.3. The van der Waals surface area contributed by atoms with Crippen LogP contribution in [0.25, 0.3) is 10.8 Å². The van der Waals surface area contributed by atoms with Crippen molar-refractivity contribution in [3.63, 3.8) is 0 Å². The first-order valence-electron chi connectivity index (χ1n) is 5.96. The predicted octanol–water partition coefficient (Wildman–Crippen LogP) is 4.06. The first-order chi connectivity index (χ1) is 8.84. The summed E-state index contributed by atoms with van der Waals surface area (Å²) in [6, 6.07) is 14.0. The Balaban J connectivity index is 1.96. The van der Waals surface area contributed by atoms with E-state index in [2.05, 4.69) is 10.8 Å². The van der Waals surface area contributed by atoms with Crippen molar-refractivity contribution in [1.82, 2.24) is 0 Å². The number of carbonyl (C=O) groups is 1. The smallest absolute Gasteiger partial charge is 0.172 e. The average molecular weight is 254 g/mol. The first-order valence-corrected chi connectivity index (χ1v) is 7.63. The number of hydrogen-bond donors (Lipinski definition) is 1. The fourth-order valence-electron chi connectivity index (χ4n) is 2.20. The van der Waals surface area contributed by atoms with E-state index in [1.54, 1.807) is 0 Å². The summed E-state index contributed by atoms with van der Waals surface area (Å²) >= 11 is 0. The molecule has 0 unspecified atom stereocenters. The third kappa shape index (κ3) is 2.12. The fraction of sp³-hybridized carbons (Fsp3) is 0.0625. The summed E-state index contributed by atoms with van der Waals surface area (Å²) in [4.78, 5) is 12.4. The van der Waals surface area contributed by atoms with Gasteiger partial charge in [0.2, 0.25) is 0 Å². The van der Waals surface area contributed by atoms with Crippen molar-refractivity contribution in [3.8, 4) is 0 Å². The minimum atomic E-state index is -0.374. The number of Topliss-reactive ketones (excluding diaryl/α,β-unsaturated/α-hetero) is 1. The summed E-state index contributed by atoms with van der Waals surface area (Å²) in [5, 5.41) is 6.47. The molecule has 0 N–H and O–H groups in total. The molecule has 2 aromatic rings. The molecule has 2 aromatic carbocycles. The van der Waals surface area contributed by atoms with Crippen LogP contribution in [0.15, 0.2) is 65.4 Å². The van der Waals surface area contributed by atoms with Crippen LogP contribution in [0, 0.1) is 0 Å². The van der Waals surface area contributed by atoms with E-state index >= 15 is 0 Å². The lowest BCUT2D eigenvalue weighted by atomic mass is 10.0. The van der Waals surface area contributed by atoms with Gasteiger partial charge in [0.25, 0.3) is 0 Å². The third-order valence-electron chi connectivity index (χ3n) is 3.08. The summed E-state index contributed by atoms with van der Waals surface area (Å²) in [6.45, 7) is 0. The quantitative estimate of drug-likeness (QED) is 0.645. The highest BCUT2D eigenvalue weighted by molar-refractivity contribution is 8.22. The topological polar surface area (TPSA) is 17.1 Å². The zero-order chi connectivity index (χ0) is 12.4. The van der Waals surface area contributed by atoms with Crippen molar-refractivity contribution in [2.45, 2.75) is 0 Å². The van der Waals surface area contributed by atoms with Gasteiger partial charge in [-0.25, -0.2) is 10.9 Å². The minimum absolute atomic E-state index is 0.245. The molecule has 0 fully saturated rings. The summed E-state index contributed by atoms with van der Waals surface area (Å²) in [5.41, 5.74) is 0.851. The molecule has 0 aliphatic carbocycles. The van der Waals surface area contributed by atoms with Gasteiger partial charge in [-0.1, -0.05) is 54.6 Å². The maximum absolute atomic E-state index is 12.4. The van der Waals surface area contributed by atoms with Crippen molar-refractivity contribution in [2.24, 2.45) is 0 Å². The maximum atomic E-state index is 12.4. The Morgan fingerprint density at radius 1 is 0.944 bits per heavy atom. The van der Waals surface area contributed by atoms with Gasteiger partial charge < -0.3 is 0 Å². The van der Waals surface area contributed by atoms with E-state index in [1.165, 1.54) is 0 Å². The number of thiol groups is 1. The molecule has 1 nitrogen and oxygen atoms in total. The van der Waals surface area contributed by atoms with Crippen molar-refractivity contribution in [2.75, 3.05) is 5.75 Å². The SMILES string of the molecule is O=C(C[SH]1C=CC=C1)c1cccc2ccccc12. The normalized spacial score (nSPS) is 15.4. The molecule has 0 amide bonds. The number of ketones is 1. The Bertz CT molecular complexity index is 638. The summed E-state index contributed by atoms with van der Waals surface area (Å²) < 4.78 is 0. The van der Waals surface area contributed by atoms with E-state index < -0.39 is 0 Å². The van der Waals surface area contributed by atoms with E-state index in [0.29, 0.717) is 5.75 Å². The molecule has 1 heterocycles. The van der Waals surface area contributed by atoms with Crippen molar-refractivity contribution in [3.05, 3.63) is 71.0 Å². The summed E-state index contributed by atoms with van der Waals surface area (Å²) in [5.74, 6) is 0.866. The molecule has 0 aromatic heterocycles. The van der Waals surface area contributed by atoms with Gasteiger partial charge in [0.05, 0.1) is 0 Å². The van der Waals surface area contributed by atoms with Crippen LogP contribution in [-0.2, 0) is 0 Å². The lowest BCUT2D eigenvalue weighted by Crippen LogP contribution is -2.04. The van der Waals surface area contributed by atoms with Gasteiger partial charge in [-0.15, -0.1) is 0 Å². The standard InChI is InChI=1S/C16H14OS/c17-16(12-18-10-3-4-11-18)15-9-5-7-13-6-1-2-8-14(13)15/h1-11,18H,12H2. The molecule has 0 spiro atoms. The molecule has 0 saturated carbocycles. The number of benzene rings is 2. The van der Waals surface area contributed by atoms with Crippen molar-refractivity contribution >= 4 is 27.5 Å². The molecule has 1 aliphatic rings. The number of carbonyl (C=O) groups excluding carboxylic acids is 1. The Kier molecular flexibility index (Phi) is 3.03. The summed E-state index contributed by atoms with van der Waals surface area (Å²) in [6.07, 6.45) is 4.06. The Labute approximate surface area is 109 Å². The van der Waals surface area contributed by atoms with Crippen LogP contribution in [0.5, 0.6) is 0 Å². The van der Waals surface area contributed by atoms with Crippen LogP contribution >= 0.6 is 10.9 Å². The van der Waals surface area contributed by atoms with E-state index in [9.17, 15) is 4.79 Å². The molecular weight excluding hydrogens is 240 g/mol. The highest BCUT2D eigenvalue weighted by atomic mass is 32.2. The van der Waals surface area contributed by atoms with E-state index in [4.69, 9.17) is 0 Å². The van der Waals surface area contributed by atoms with Gasteiger partial charge in [0, 0.05) is 11.3 Å². The second kappa shape index (κ2) is 4.83. The van der Waals surface area contributed by atoms with Crippen LogP contribution in [0.2, 0.25) is 0 Å². The molecule has 0 atom stereocenters. The molecule has 0 saturated heterocycles. The molecule has 3 rings (SSSR count). The molecule has 0 radical (unpaired) electrons. The predicted molar refractivity (Wildman–Crippen MR) is 80.4 cm³/mol. The minimum Gasteiger partial charge on any atom is -0.293 e. The Morgan fingerprint density at radius 2 is 1.67 bits per heavy atom. The Morgan fingerprint density at radius 3 is 2.50 bits per heavy atom. The van der Waals surface area contributed by atoms with Gasteiger partial charge >= 0.3 is 0 Å². The lowest BCUT2D eigenvalue weighted by molar-refractivity contribution is 0.102. The van der Waals surface area contributed by atoms with Gasteiger partial charge in [-0.05, 0) is 21.6 Å². The molecule has 0 bridgehead atoms. The van der Waals surface area contributed by atoms with Gasteiger partial charge in [0.1, 0.15) is 0 Å². The van der Waals surface area contributed by atoms with Gasteiger partial charge in [-0.2, -0.15) is 0 Å². The maximum Gasteiger partial charge on any atom is 0.172 e. The molecular formula is C16H14OS. The average Bonchev–Trinajstić information content (AvgIpc) is 2.91. The third-order valence-corrected chi connectivity index (χ3v) is 4.84. The highest BCUT2D eigenvalue weighted by Crippen LogP contribution is 2.34. The fourth-order valence-corrected chi connectivity index (χ4v) is 3.65. The van der Waals surface area contributed by atoms with Crippen molar-refractivity contribution < 1.29 is 4.79 Å². The molecule has 90 valence electrons. The molecule has 18 heavy (non-hydrogen) atoms. The Hall–Kier alpha value is -1.80. The second-order valence-electron chi connectivity index (χ2n) is 4.31. The van der Waals surface area contributed by atoms with E-state index in [1.807, 2.05) is 54.6 Å². The zero-order valence-corrected chi connectivity index (χ0v) is 10.8. The highest BCUT2D eigenvalue weighted by Gasteiger charge is 2.12. The van der Waals surface area contributed by atoms with Crippen molar-refractivity contribution in [1.29, 1.82) is 0 Å². The van der Waals surface area contributed by atoms with Gasteiger partial charge in [-0.3, -0.25) is 4.79 Å². The van der Waals surface area contributed by atoms with E-state index in [-0.39, 0.29) is 16.7 Å². The zero-order valence-electron chi connectivity index (χ0n) is 9.91. The van der Waals surface area contributed by atoms with Crippen LogP contribution in [0.4, 0.5) is 0 Å². The number of fused-ring (bicyclic) bond motifs is 1. The van der Waals surface area contributed by atoms with Gasteiger partial charge in [0.15, 0.2) is 5.78 Å². The number of rotatable bonds is 3. The van der Waals surface area contributed by atoms with Crippen LogP contribution < -0.4 is 0 Å². The second-order valence-corrected chi connectivity index (χ2v) is 6.25. The largest absolute Gasteiger partial charge is 0.293 e. The molecule has 2 heteroatoms. The van der Waals surface area contributed by atoms with Crippen LogP contribution in [0.3, 0.4) is 0 Å².